The van der Waals surface area contributed by atoms with Gasteiger partial charge in [-0.2, -0.15) is 0 Å². The van der Waals surface area contributed by atoms with Crippen molar-refractivity contribution in [3.63, 3.8) is 0 Å². The Morgan fingerprint density at radius 3 is 2.95 bits per heavy atom. The second-order valence-corrected chi connectivity index (χ2v) is 5.56. The van der Waals surface area contributed by atoms with Crippen LogP contribution in [0.4, 0.5) is 0 Å². The predicted molar refractivity (Wildman–Crippen MR) is 82.2 cm³/mol. The third kappa shape index (κ3) is 8.01. The molecule has 1 rings (SSSR count). The Morgan fingerprint density at radius 1 is 1.33 bits per heavy atom. The monoisotopic (exact) mass is 315 g/mol. The van der Waals surface area contributed by atoms with E-state index in [1.165, 1.54) is 0 Å². The van der Waals surface area contributed by atoms with E-state index < -0.39 is 0 Å². The molecular formula is C13H25N5O2S. The number of thioether (sulfide) groups is 1. The van der Waals surface area contributed by atoms with Crippen molar-refractivity contribution in [3.05, 3.63) is 0 Å². The number of nitrogens with zero attached hydrogens (tertiary/aromatic N) is 4. The number of likely N-dealkylation sites (N-methyl/N-ethyl adjacent to an activating group) is 1. The maximum absolute atomic E-state index is 11.2. The fraction of sp³-hybridized carbons (Fsp3) is 0.846. The van der Waals surface area contributed by atoms with Gasteiger partial charge < -0.3 is 10.1 Å². The Morgan fingerprint density at radius 2 is 2.19 bits per heavy atom. The third-order valence-corrected chi connectivity index (χ3v) is 3.85. The second-order valence-electron chi connectivity index (χ2n) is 4.50. The molecule has 0 aromatic carbocycles. The summed E-state index contributed by atoms with van der Waals surface area (Å²) in [6.07, 6.45) is 3.46. The Balaban J connectivity index is 2.10. The summed E-state index contributed by atoms with van der Waals surface area (Å²) in [5.74, 6) is 0.863. The topological polar surface area (TPSA) is 81.9 Å². The molecule has 0 fully saturated rings. The lowest BCUT2D eigenvalue weighted by Gasteiger charge is -2.05. The van der Waals surface area contributed by atoms with Crippen molar-refractivity contribution < 1.29 is 9.53 Å². The number of aromatic nitrogens is 4. The van der Waals surface area contributed by atoms with Gasteiger partial charge in [0.25, 0.3) is 0 Å². The van der Waals surface area contributed by atoms with Crippen LogP contribution < -0.4 is 5.32 Å². The SMILES string of the molecule is CCNCCn1nnnc1SCCCCCC(=O)OCC. The molecule has 0 saturated carbocycles. The molecule has 1 N–H and O–H groups in total. The van der Waals surface area contributed by atoms with E-state index in [1.807, 2.05) is 11.6 Å². The van der Waals surface area contributed by atoms with Crippen LogP contribution in [-0.4, -0.2) is 51.6 Å². The molecule has 0 aliphatic heterocycles. The van der Waals surface area contributed by atoms with Crippen molar-refractivity contribution in [2.75, 3.05) is 25.4 Å². The molecular weight excluding hydrogens is 290 g/mol. The summed E-state index contributed by atoms with van der Waals surface area (Å²) >= 11 is 1.66. The van der Waals surface area contributed by atoms with E-state index in [9.17, 15) is 4.79 Å². The van der Waals surface area contributed by atoms with Crippen LogP contribution in [0.3, 0.4) is 0 Å². The first-order valence-electron chi connectivity index (χ1n) is 7.53. The highest BCUT2D eigenvalue weighted by Crippen LogP contribution is 2.16. The van der Waals surface area contributed by atoms with Crippen molar-refractivity contribution in [1.29, 1.82) is 0 Å². The van der Waals surface area contributed by atoms with Crippen molar-refractivity contribution >= 4 is 17.7 Å². The van der Waals surface area contributed by atoms with Gasteiger partial charge in [-0.05, 0) is 36.7 Å². The van der Waals surface area contributed by atoms with Crippen molar-refractivity contribution in [2.45, 2.75) is 51.2 Å². The summed E-state index contributed by atoms with van der Waals surface area (Å²) in [5, 5.41) is 15.8. The number of rotatable bonds is 12. The quantitative estimate of drug-likeness (QED) is 0.355. The van der Waals surface area contributed by atoms with Gasteiger partial charge in [-0.15, -0.1) is 5.10 Å². The van der Waals surface area contributed by atoms with E-state index in [1.54, 1.807) is 11.8 Å². The summed E-state index contributed by atoms with van der Waals surface area (Å²) < 4.78 is 6.72. The minimum absolute atomic E-state index is 0.0995. The largest absolute Gasteiger partial charge is 0.466 e. The van der Waals surface area contributed by atoms with E-state index in [4.69, 9.17) is 4.74 Å². The van der Waals surface area contributed by atoms with Gasteiger partial charge in [0.05, 0.1) is 13.2 Å². The number of esters is 1. The fourth-order valence-electron chi connectivity index (χ4n) is 1.75. The predicted octanol–water partition coefficient (Wildman–Crippen LogP) is 1.50. The first-order valence-corrected chi connectivity index (χ1v) is 8.51. The molecule has 120 valence electrons. The van der Waals surface area contributed by atoms with Crippen LogP contribution in [0.15, 0.2) is 5.16 Å². The molecule has 0 bridgehead atoms. The lowest BCUT2D eigenvalue weighted by molar-refractivity contribution is -0.143. The fourth-order valence-corrected chi connectivity index (χ4v) is 2.65. The third-order valence-electron chi connectivity index (χ3n) is 2.81. The van der Waals surface area contributed by atoms with Crippen LogP contribution in [0.2, 0.25) is 0 Å². The van der Waals surface area contributed by atoms with Crippen LogP contribution in [0.25, 0.3) is 0 Å². The standard InChI is InChI=1S/C13H25N5O2S/c1-3-14-9-10-18-13(15-16-17-18)21-11-7-5-6-8-12(19)20-4-2/h14H,3-11H2,1-2H3. The van der Waals surface area contributed by atoms with Gasteiger partial charge in [-0.3, -0.25) is 4.79 Å². The minimum atomic E-state index is -0.0995. The number of carbonyl (C=O) groups excluding carboxylic acids is 1. The number of hydrogen-bond acceptors (Lipinski definition) is 7. The summed E-state index contributed by atoms with van der Waals surface area (Å²) in [5.41, 5.74) is 0. The molecule has 0 spiro atoms. The number of carbonyl (C=O) groups is 1. The van der Waals surface area contributed by atoms with Crippen molar-refractivity contribution in [2.24, 2.45) is 0 Å². The van der Waals surface area contributed by atoms with Gasteiger partial charge >= 0.3 is 5.97 Å². The highest BCUT2D eigenvalue weighted by atomic mass is 32.2. The molecule has 0 radical (unpaired) electrons. The van der Waals surface area contributed by atoms with Gasteiger partial charge in [0.1, 0.15) is 0 Å². The lowest BCUT2D eigenvalue weighted by atomic mass is 10.2. The summed E-state index contributed by atoms with van der Waals surface area (Å²) in [6, 6.07) is 0. The Kier molecular flexibility index (Phi) is 9.81. The average molecular weight is 315 g/mol. The number of ether oxygens (including phenoxy) is 1. The number of nitrogens with one attached hydrogen (secondary N) is 1. The second kappa shape index (κ2) is 11.5. The molecule has 0 atom stereocenters. The van der Waals surface area contributed by atoms with Crippen LogP contribution in [0, 0.1) is 0 Å². The van der Waals surface area contributed by atoms with Crippen LogP contribution in [0.5, 0.6) is 0 Å². The zero-order valence-corrected chi connectivity index (χ0v) is 13.7. The Bertz CT molecular complexity index is 400. The van der Waals surface area contributed by atoms with E-state index in [-0.39, 0.29) is 5.97 Å². The molecule has 0 unspecified atom stereocenters. The molecule has 8 heteroatoms. The maximum Gasteiger partial charge on any atom is 0.305 e. The molecule has 0 aliphatic rings. The van der Waals surface area contributed by atoms with E-state index in [0.29, 0.717) is 13.0 Å². The van der Waals surface area contributed by atoms with Crippen molar-refractivity contribution in [1.82, 2.24) is 25.5 Å². The maximum atomic E-state index is 11.2. The zero-order valence-electron chi connectivity index (χ0n) is 12.9. The molecule has 0 saturated heterocycles. The highest BCUT2D eigenvalue weighted by molar-refractivity contribution is 7.99. The van der Waals surface area contributed by atoms with Gasteiger partial charge in [-0.25, -0.2) is 4.68 Å². The first kappa shape index (κ1) is 17.9. The molecule has 0 aliphatic carbocycles. The van der Waals surface area contributed by atoms with Crippen LogP contribution >= 0.6 is 11.8 Å². The lowest BCUT2D eigenvalue weighted by Crippen LogP contribution is -2.20. The molecule has 0 amide bonds. The zero-order chi connectivity index (χ0) is 15.3. The number of hydrogen-bond donors (Lipinski definition) is 1. The number of unbranched alkanes of at least 4 members (excludes halogenated alkanes) is 2. The van der Waals surface area contributed by atoms with E-state index >= 15 is 0 Å². The average Bonchev–Trinajstić information content (AvgIpc) is 2.91. The van der Waals surface area contributed by atoms with E-state index in [0.717, 1.165) is 49.8 Å². The van der Waals surface area contributed by atoms with Gasteiger partial charge in [-0.1, -0.05) is 25.1 Å². The molecule has 7 nitrogen and oxygen atoms in total. The Labute approximate surface area is 130 Å². The van der Waals surface area contributed by atoms with Gasteiger partial charge in [0.2, 0.25) is 5.16 Å². The molecule has 1 aromatic heterocycles. The normalized spacial score (nSPS) is 10.8. The van der Waals surface area contributed by atoms with Gasteiger partial charge in [0, 0.05) is 18.7 Å². The van der Waals surface area contributed by atoms with Crippen LogP contribution in [0.1, 0.15) is 39.5 Å². The van der Waals surface area contributed by atoms with E-state index in [2.05, 4.69) is 27.8 Å². The Hall–Kier alpha value is -1.15. The minimum Gasteiger partial charge on any atom is -0.466 e. The summed E-state index contributed by atoms with van der Waals surface area (Å²) in [6.45, 7) is 6.97. The molecule has 1 heterocycles. The van der Waals surface area contributed by atoms with Crippen molar-refractivity contribution in [3.8, 4) is 0 Å². The molecule has 1 aromatic rings. The van der Waals surface area contributed by atoms with Crippen LogP contribution in [-0.2, 0) is 16.1 Å². The first-order chi connectivity index (χ1) is 10.3. The smallest absolute Gasteiger partial charge is 0.305 e. The molecule has 21 heavy (non-hydrogen) atoms. The number of tetrazole rings is 1. The highest BCUT2D eigenvalue weighted by Gasteiger charge is 2.06. The summed E-state index contributed by atoms with van der Waals surface area (Å²) in [7, 11) is 0. The van der Waals surface area contributed by atoms with Gasteiger partial charge in [0.15, 0.2) is 0 Å². The summed E-state index contributed by atoms with van der Waals surface area (Å²) in [4.78, 5) is 11.2.